The molecule has 0 aliphatic rings. The number of hydrogen-bond acceptors (Lipinski definition) is 2. The Bertz CT molecular complexity index is 368. The van der Waals surface area contributed by atoms with Crippen LogP contribution in [-0.2, 0) is 6.54 Å². The average Bonchev–Trinajstić information content (AvgIpc) is 2.09. The van der Waals surface area contributed by atoms with E-state index >= 15 is 0 Å². The lowest BCUT2D eigenvalue weighted by atomic mass is 10.2. The summed E-state index contributed by atoms with van der Waals surface area (Å²) in [6, 6.07) is -0.00584. The highest BCUT2D eigenvalue weighted by molar-refractivity contribution is 5.21. The molecule has 0 fully saturated rings. The van der Waals surface area contributed by atoms with E-state index in [1.54, 1.807) is 0 Å². The second-order valence-corrected chi connectivity index (χ2v) is 2.44. The molecule has 0 saturated heterocycles. The van der Waals surface area contributed by atoms with Crippen molar-refractivity contribution in [3.8, 4) is 0 Å². The smallest absolute Gasteiger partial charge is 0.234 e. The first-order chi connectivity index (χ1) is 6.43. The number of nitro groups is 1. The van der Waals surface area contributed by atoms with Crippen LogP contribution in [0.1, 0.15) is 5.56 Å². The SMILES string of the molecule is O=[N+]([O-])Cc1c(F)c(F)cc(F)c1F. The Balaban J connectivity index is 3.31. The summed E-state index contributed by atoms with van der Waals surface area (Å²) in [5, 5.41) is 9.92. The zero-order valence-electron chi connectivity index (χ0n) is 6.56. The van der Waals surface area contributed by atoms with Gasteiger partial charge in [-0.05, 0) is 0 Å². The third kappa shape index (κ3) is 1.81. The molecule has 0 amide bonds. The summed E-state index contributed by atoms with van der Waals surface area (Å²) in [5.41, 5.74) is -1.22. The molecule has 0 heterocycles. The van der Waals surface area contributed by atoms with Gasteiger partial charge in [0.1, 0.15) is 0 Å². The van der Waals surface area contributed by atoms with E-state index in [1.165, 1.54) is 0 Å². The molecule has 0 saturated carbocycles. The van der Waals surface area contributed by atoms with Crippen molar-refractivity contribution >= 4 is 0 Å². The molecular weight excluding hydrogens is 206 g/mol. The Hall–Kier alpha value is -1.66. The molecule has 0 atom stereocenters. The first-order valence-electron chi connectivity index (χ1n) is 3.37. The van der Waals surface area contributed by atoms with E-state index in [4.69, 9.17) is 0 Å². The van der Waals surface area contributed by atoms with Gasteiger partial charge < -0.3 is 0 Å². The summed E-state index contributed by atoms with van der Waals surface area (Å²) < 4.78 is 50.4. The summed E-state index contributed by atoms with van der Waals surface area (Å²) >= 11 is 0. The topological polar surface area (TPSA) is 43.1 Å². The van der Waals surface area contributed by atoms with Crippen LogP contribution >= 0.6 is 0 Å². The Morgan fingerprint density at radius 1 is 1.14 bits per heavy atom. The number of benzene rings is 1. The van der Waals surface area contributed by atoms with Crippen molar-refractivity contribution in [1.82, 2.24) is 0 Å². The minimum Gasteiger partial charge on any atom is -0.264 e. The summed E-state index contributed by atoms with van der Waals surface area (Å²) in [7, 11) is 0. The highest BCUT2D eigenvalue weighted by Gasteiger charge is 2.22. The molecule has 0 unspecified atom stereocenters. The molecule has 0 aliphatic carbocycles. The van der Waals surface area contributed by atoms with Crippen molar-refractivity contribution in [3.63, 3.8) is 0 Å². The second kappa shape index (κ2) is 3.60. The number of hydrogen-bond donors (Lipinski definition) is 0. The monoisotopic (exact) mass is 209 g/mol. The van der Waals surface area contributed by atoms with Crippen molar-refractivity contribution in [1.29, 1.82) is 0 Å². The van der Waals surface area contributed by atoms with Crippen LogP contribution in [0.2, 0.25) is 0 Å². The third-order valence-electron chi connectivity index (χ3n) is 1.49. The predicted molar refractivity (Wildman–Crippen MR) is 37.0 cm³/mol. The van der Waals surface area contributed by atoms with E-state index in [-0.39, 0.29) is 6.07 Å². The Morgan fingerprint density at radius 3 is 1.93 bits per heavy atom. The maximum atomic E-state index is 12.7. The first-order valence-corrected chi connectivity index (χ1v) is 3.37. The molecule has 1 aromatic rings. The fraction of sp³-hybridized carbons (Fsp3) is 0.143. The van der Waals surface area contributed by atoms with Crippen LogP contribution in [0.3, 0.4) is 0 Å². The average molecular weight is 209 g/mol. The van der Waals surface area contributed by atoms with Gasteiger partial charge in [-0.2, -0.15) is 0 Å². The van der Waals surface area contributed by atoms with Crippen molar-refractivity contribution in [3.05, 3.63) is 45.0 Å². The lowest BCUT2D eigenvalue weighted by Crippen LogP contribution is -2.08. The first kappa shape index (κ1) is 10.4. The van der Waals surface area contributed by atoms with E-state index in [0.29, 0.717) is 0 Å². The Labute approximate surface area is 75.1 Å². The minimum absolute atomic E-state index is 0.00584. The van der Waals surface area contributed by atoms with Crippen LogP contribution in [0.25, 0.3) is 0 Å². The zero-order chi connectivity index (χ0) is 10.9. The van der Waals surface area contributed by atoms with Crippen LogP contribution < -0.4 is 0 Å². The maximum absolute atomic E-state index is 12.7. The molecule has 1 rings (SSSR count). The largest absolute Gasteiger partial charge is 0.264 e. The van der Waals surface area contributed by atoms with Gasteiger partial charge in [0.25, 0.3) is 0 Å². The van der Waals surface area contributed by atoms with Crippen LogP contribution in [0.5, 0.6) is 0 Å². The predicted octanol–water partition coefficient (Wildman–Crippen LogP) is 2.02. The Morgan fingerprint density at radius 2 is 1.57 bits per heavy atom. The van der Waals surface area contributed by atoms with Gasteiger partial charge in [-0.25, -0.2) is 17.6 Å². The van der Waals surface area contributed by atoms with Crippen molar-refractivity contribution in [2.24, 2.45) is 0 Å². The summed E-state index contributed by atoms with van der Waals surface area (Å²) in [6.45, 7) is -1.30. The maximum Gasteiger partial charge on any atom is 0.234 e. The van der Waals surface area contributed by atoms with Crippen LogP contribution in [0.15, 0.2) is 6.07 Å². The van der Waals surface area contributed by atoms with Gasteiger partial charge in [0.2, 0.25) is 6.54 Å². The molecule has 14 heavy (non-hydrogen) atoms. The lowest BCUT2D eigenvalue weighted by Gasteiger charge is -2.01. The normalized spacial score (nSPS) is 10.3. The minimum atomic E-state index is -1.74. The fourth-order valence-corrected chi connectivity index (χ4v) is 0.891. The summed E-state index contributed by atoms with van der Waals surface area (Å²) in [4.78, 5) is 8.84. The standard InChI is InChI=1S/C7H3F4NO2/c8-4-1-5(9)7(11)3(6(4)10)2-12(13)14/h1H,2H2. The van der Waals surface area contributed by atoms with Crippen molar-refractivity contribution < 1.29 is 22.5 Å². The van der Waals surface area contributed by atoms with Gasteiger partial charge in [0.05, 0.1) is 5.56 Å². The Kier molecular flexibility index (Phi) is 2.68. The molecule has 0 bridgehead atoms. The van der Waals surface area contributed by atoms with Crippen LogP contribution in [0, 0.1) is 33.4 Å². The molecule has 7 heteroatoms. The lowest BCUT2D eigenvalue weighted by molar-refractivity contribution is -0.497. The highest BCUT2D eigenvalue weighted by Crippen LogP contribution is 2.19. The molecule has 0 radical (unpaired) electrons. The van der Waals surface area contributed by atoms with E-state index in [2.05, 4.69) is 0 Å². The fourth-order valence-electron chi connectivity index (χ4n) is 0.891. The summed E-state index contributed by atoms with van der Waals surface area (Å²) in [6.07, 6.45) is 0. The number of nitrogens with zero attached hydrogens (tertiary/aromatic N) is 1. The van der Waals surface area contributed by atoms with E-state index in [9.17, 15) is 27.7 Å². The molecule has 0 aromatic heterocycles. The van der Waals surface area contributed by atoms with E-state index in [1.807, 2.05) is 0 Å². The van der Waals surface area contributed by atoms with Gasteiger partial charge in [-0.1, -0.05) is 0 Å². The summed E-state index contributed by atoms with van der Waals surface area (Å²) in [5.74, 6) is -6.78. The highest BCUT2D eigenvalue weighted by atomic mass is 19.2. The number of rotatable bonds is 2. The van der Waals surface area contributed by atoms with Gasteiger partial charge in [0.15, 0.2) is 23.3 Å². The van der Waals surface area contributed by atoms with Crippen LogP contribution in [-0.4, -0.2) is 4.92 Å². The molecule has 0 N–H and O–H groups in total. The molecule has 0 aliphatic heterocycles. The van der Waals surface area contributed by atoms with Crippen LogP contribution in [0.4, 0.5) is 17.6 Å². The van der Waals surface area contributed by atoms with E-state index < -0.39 is 40.3 Å². The zero-order valence-corrected chi connectivity index (χ0v) is 6.56. The molecule has 0 spiro atoms. The molecule has 3 nitrogen and oxygen atoms in total. The quantitative estimate of drug-likeness (QED) is 0.323. The van der Waals surface area contributed by atoms with Gasteiger partial charge in [-0.3, -0.25) is 10.1 Å². The molecule has 76 valence electrons. The van der Waals surface area contributed by atoms with Gasteiger partial charge in [-0.15, -0.1) is 0 Å². The third-order valence-corrected chi connectivity index (χ3v) is 1.49. The van der Waals surface area contributed by atoms with Gasteiger partial charge in [0, 0.05) is 11.0 Å². The second-order valence-electron chi connectivity index (χ2n) is 2.44. The molecule has 1 aromatic carbocycles. The van der Waals surface area contributed by atoms with Gasteiger partial charge >= 0.3 is 0 Å². The van der Waals surface area contributed by atoms with Crippen molar-refractivity contribution in [2.45, 2.75) is 6.54 Å². The number of halogens is 4. The molecular formula is C7H3F4NO2. The van der Waals surface area contributed by atoms with E-state index in [0.717, 1.165) is 0 Å². The van der Waals surface area contributed by atoms with Crippen molar-refractivity contribution in [2.75, 3.05) is 0 Å².